The monoisotopic (exact) mass is 368 g/mol. The quantitative estimate of drug-likeness (QED) is 0.711. The topological polar surface area (TPSA) is 58.9 Å². The van der Waals surface area contributed by atoms with Gasteiger partial charge in [0.1, 0.15) is 5.76 Å². The minimum Gasteiger partial charge on any atom is -0.438 e. The van der Waals surface area contributed by atoms with Gasteiger partial charge in [0, 0.05) is 26.7 Å². The molecule has 3 aromatic heterocycles. The van der Waals surface area contributed by atoms with Gasteiger partial charge in [-0.25, -0.2) is 4.98 Å². The van der Waals surface area contributed by atoms with Gasteiger partial charge in [-0.05, 0) is 50.1 Å². The van der Waals surface area contributed by atoms with Crippen LogP contribution in [0.1, 0.15) is 0 Å². The lowest BCUT2D eigenvalue weighted by Gasteiger charge is -1.95. The lowest BCUT2D eigenvalue weighted by Crippen LogP contribution is -2.06. The minimum absolute atomic E-state index is 0.198. The summed E-state index contributed by atoms with van der Waals surface area (Å²) in [6, 6.07) is 5.40. The fraction of sp³-hybridized carbons (Fsp3) is 0. The van der Waals surface area contributed by atoms with Crippen LogP contribution in [0.3, 0.4) is 0 Å². The van der Waals surface area contributed by atoms with Gasteiger partial charge < -0.3 is 9.40 Å². The van der Waals surface area contributed by atoms with E-state index in [1.807, 2.05) is 6.07 Å². The molecule has 0 amide bonds. The van der Waals surface area contributed by atoms with Gasteiger partial charge in [0.15, 0.2) is 0 Å². The number of aromatic amines is 1. The van der Waals surface area contributed by atoms with E-state index < -0.39 is 0 Å². The van der Waals surface area contributed by atoms with Crippen LogP contribution in [0.15, 0.2) is 48.7 Å². The molecule has 0 saturated carbocycles. The molecule has 6 heteroatoms. The summed E-state index contributed by atoms with van der Waals surface area (Å²) in [4.78, 5) is 18.5. The molecule has 0 aliphatic heterocycles. The van der Waals surface area contributed by atoms with E-state index >= 15 is 0 Å². The van der Waals surface area contributed by atoms with E-state index in [0.717, 1.165) is 14.3 Å². The molecule has 18 heavy (non-hydrogen) atoms. The van der Waals surface area contributed by atoms with Crippen molar-refractivity contribution in [3.05, 3.63) is 49.9 Å². The standard InChI is InChI=1S/C12H6Br2N2O2/c13-7-1-6-2-10(18-12(6)16-5-7)9-3-8(14)4-15-11(9)17/h1-5H,(H,15,17). The predicted octanol–water partition coefficient (Wildman–Crippen LogP) is 3.71. The largest absolute Gasteiger partial charge is 0.438 e. The number of pyridine rings is 2. The van der Waals surface area contributed by atoms with E-state index in [1.54, 1.807) is 24.5 Å². The second-order valence-corrected chi connectivity index (χ2v) is 5.55. The molecule has 0 aliphatic rings. The molecule has 3 rings (SSSR count). The highest BCUT2D eigenvalue weighted by molar-refractivity contribution is 9.10. The maximum atomic E-state index is 11.7. The Kier molecular flexibility index (Phi) is 2.83. The summed E-state index contributed by atoms with van der Waals surface area (Å²) in [5.41, 5.74) is 0.780. The molecule has 3 aromatic rings. The van der Waals surface area contributed by atoms with Gasteiger partial charge in [0.2, 0.25) is 5.71 Å². The molecule has 0 aliphatic carbocycles. The molecule has 0 aromatic carbocycles. The zero-order valence-corrected chi connectivity index (χ0v) is 12.1. The van der Waals surface area contributed by atoms with E-state index in [0.29, 0.717) is 17.0 Å². The molecule has 0 unspecified atom stereocenters. The number of rotatable bonds is 1. The van der Waals surface area contributed by atoms with Crippen LogP contribution in [0.5, 0.6) is 0 Å². The van der Waals surface area contributed by atoms with E-state index in [4.69, 9.17) is 4.42 Å². The molecule has 4 nitrogen and oxygen atoms in total. The lowest BCUT2D eigenvalue weighted by molar-refractivity contribution is 0.617. The van der Waals surface area contributed by atoms with Crippen molar-refractivity contribution in [2.75, 3.05) is 0 Å². The van der Waals surface area contributed by atoms with Crippen molar-refractivity contribution < 1.29 is 4.42 Å². The van der Waals surface area contributed by atoms with E-state index in [-0.39, 0.29) is 5.56 Å². The number of nitrogens with zero attached hydrogens (tertiary/aromatic N) is 1. The first-order valence-electron chi connectivity index (χ1n) is 5.07. The Labute approximate surface area is 118 Å². The first-order valence-corrected chi connectivity index (χ1v) is 6.66. The number of hydrogen-bond donors (Lipinski definition) is 1. The van der Waals surface area contributed by atoms with E-state index in [1.165, 1.54) is 0 Å². The molecular weight excluding hydrogens is 364 g/mol. The molecule has 0 atom stereocenters. The second-order valence-electron chi connectivity index (χ2n) is 3.72. The predicted molar refractivity (Wildman–Crippen MR) is 75.5 cm³/mol. The molecule has 90 valence electrons. The highest BCUT2D eigenvalue weighted by atomic mass is 79.9. The van der Waals surface area contributed by atoms with Crippen LogP contribution in [-0.4, -0.2) is 9.97 Å². The summed E-state index contributed by atoms with van der Waals surface area (Å²) in [7, 11) is 0. The summed E-state index contributed by atoms with van der Waals surface area (Å²) < 4.78 is 7.22. The van der Waals surface area contributed by atoms with Gasteiger partial charge in [-0.2, -0.15) is 0 Å². The Morgan fingerprint density at radius 1 is 1.17 bits per heavy atom. The number of hydrogen-bond acceptors (Lipinski definition) is 3. The second kappa shape index (κ2) is 4.37. The number of nitrogens with one attached hydrogen (secondary N) is 1. The number of H-pyrrole nitrogens is 1. The third-order valence-electron chi connectivity index (χ3n) is 2.47. The minimum atomic E-state index is -0.198. The van der Waals surface area contributed by atoms with Crippen molar-refractivity contribution in [1.82, 2.24) is 9.97 Å². The smallest absolute Gasteiger partial charge is 0.259 e. The van der Waals surface area contributed by atoms with Crippen LogP contribution in [0.25, 0.3) is 22.4 Å². The number of aromatic nitrogens is 2. The lowest BCUT2D eigenvalue weighted by atomic mass is 10.2. The van der Waals surface area contributed by atoms with Crippen LogP contribution in [0, 0.1) is 0 Å². The van der Waals surface area contributed by atoms with Gasteiger partial charge in [0.05, 0.1) is 5.56 Å². The average Bonchev–Trinajstić information content (AvgIpc) is 2.74. The van der Waals surface area contributed by atoms with Crippen LogP contribution < -0.4 is 5.56 Å². The molecule has 0 spiro atoms. The maximum Gasteiger partial charge on any atom is 0.259 e. The summed E-state index contributed by atoms with van der Waals surface area (Å²) in [5.74, 6) is 0.498. The van der Waals surface area contributed by atoms with Crippen molar-refractivity contribution in [3.63, 3.8) is 0 Å². The Balaban J connectivity index is 2.25. The first kappa shape index (κ1) is 11.7. The third kappa shape index (κ3) is 2.02. The zero-order chi connectivity index (χ0) is 12.7. The number of furan rings is 1. The fourth-order valence-electron chi connectivity index (χ4n) is 1.68. The van der Waals surface area contributed by atoms with Gasteiger partial charge >= 0.3 is 0 Å². The maximum absolute atomic E-state index is 11.7. The van der Waals surface area contributed by atoms with Gasteiger partial charge in [-0.15, -0.1) is 0 Å². The van der Waals surface area contributed by atoms with Gasteiger partial charge in [-0.1, -0.05) is 0 Å². The highest BCUT2D eigenvalue weighted by Crippen LogP contribution is 2.27. The summed E-state index contributed by atoms with van der Waals surface area (Å²) in [6.07, 6.45) is 3.24. The summed E-state index contributed by atoms with van der Waals surface area (Å²) in [5, 5.41) is 0.846. The van der Waals surface area contributed by atoms with Gasteiger partial charge in [0.25, 0.3) is 5.56 Å². The van der Waals surface area contributed by atoms with Crippen molar-refractivity contribution in [2.24, 2.45) is 0 Å². The normalized spacial score (nSPS) is 11.0. The Morgan fingerprint density at radius 3 is 2.83 bits per heavy atom. The Bertz CT molecular complexity index is 792. The van der Waals surface area contributed by atoms with Gasteiger partial charge in [-0.3, -0.25) is 4.79 Å². The first-order chi connectivity index (χ1) is 8.63. The average molecular weight is 370 g/mol. The Hall–Kier alpha value is -1.40. The van der Waals surface area contributed by atoms with Crippen LogP contribution in [0.2, 0.25) is 0 Å². The van der Waals surface area contributed by atoms with Crippen molar-refractivity contribution in [2.45, 2.75) is 0 Å². The highest BCUT2D eigenvalue weighted by Gasteiger charge is 2.11. The van der Waals surface area contributed by atoms with Crippen molar-refractivity contribution in [3.8, 4) is 11.3 Å². The van der Waals surface area contributed by atoms with Crippen molar-refractivity contribution >= 4 is 43.0 Å². The molecule has 1 N–H and O–H groups in total. The molecule has 0 saturated heterocycles. The molecule has 0 fully saturated rings. The number of fused-ring (bicyclic) bond motifs is 1. The SMILES string of the molecule is O=c1[nH]cc(Br)cc1-c1cc2cc(Br)cnc2o1. The van der Waals surface area contributed by atoms with E-state index in [9.17, 15) is 4.79 Å². The summed E-state index contributed by atoms with van der Waals surface area (Å²) in [6.45, 7) is 0. The van der Waals surface area contributed by atoms with Crippen LogP contribution in [-0.2, 0) is 0 Å². The molecule has 0 bridgehead atoms. The van der Waals surface area contributed by atoms with Crippen LogP contribution in [0.4, 0.5) is 0 Å². The Morgan fingerprint density at radius 2 is 2.00 bits per heavy atom. The number of halogens is 2. The molecular formula is C12H6Br2N2O2. The molecule has 3 heterocycles. The van der Waals surface area contributed by atoms with Crippen molar-refractivity contribution in [1.29, 1.82) is 0 Å². The van der Waals surface area contributed by atoms with Crippen LogP contribution >= 0.6 is 31.9 Å². The molecule has 0 radical (unpaired) electrons. The third-order valence-corrected chi connectivity index (χ3v) is 3.36. The fourth-order valence-corrected chi connectivity index (χ4v) is 2.37. The van der Waals surface area contributed by atoms with E-state index in [2.05, 4.69) is 41.8 Å². The zero-order valence-electron chi connectivity index (χ0n) is 8.91. The summed E-state index contributed by atoms with van der Waals surface area (Å²) >= 11 is 6.66.